The van der Waals surface area contributed by atoms with Gasteiger partial charge >= 0.3 is 0 Å². The van der Waals surface area contributed by atoms with Gasteiger partial charge in [-0.3, -0.25) is 9.59 Å². The lowest BCUT2D eigenvalue weighted by Crippen LogP contribution is -2.13. The van der Waals surface area contributed by atoms with Gasteiger partial charge in [-0.25, -0.2) is 0 Å². The number of hydrogen-bond donors (Lipinski definition) is 0. The maximum Gasteiger partial charge on any atom is 0.163 e. The quantitative estimate of drug-likeness (QED) is 0.754. The number of ketones is 2. The number of carbonyl (C=O) groups is 2. The highest BCUT2D eigenvalue weighted by atomic mass is 16.1. The van der Waals surface area contributed by atoms with Gasteiger partial charge in [-0.05, 0) is 24.5 Å². The van der Waals surface area contributed by atoms with Crippen molar-refractivity contribution < 1.29 is 9.59 Å². The Hall–Kier alpha value is -2.48. The molecule has 0 spiro atoms. The van der Waals surface area contributed by atoms with E-state index in [2.05, 4.69) is 0 Å². The van der Waals surface area contributed by atoms with Crippen LogP contribution >= 0.6 is 0 Å². The second-order valence-electron chi connectivity index (χ2n) is 6.08. The van der Waals surface area contributed by atoms with Crippen LogP contribution in [0.15, 0.2) is 66.2 Å². The van der Waals surface area contributed by atoms with Crippen molar-refractivity contribution >= 4 is 11.6 Å². The topological polar surface area (TPSA) is 34.1 Å². The summed E-state index contributed by atoms with van der Waals surface area (Å²) in [6.07, 6.45) is 3.70. The molecular weight excluding hydrogens is 284 g/mol. The van der Waals surface area contributed by atoms with Gasteiger partial charge in [0.2, 0.25) is 0 Å². The van der Waals surface area contributed by atoms with E-state index in [9.17, 15) is 9.59 Å². The third-order valence-corrected chi connectivity index (χ3v) is 4.40. The van der Waals surface area contributed by atoms with Gasteiger partial charge in [-0.2, -0.15) is 0 Å². The highest BCUT2D eigenvalue weighted by molar-refractivity contribution is 6.02. The Morgan fingerprint density at radius 3 is 2.35 bits per heavy atom. The number of benzene rings is 2. The van der Waals surface area contributed by atoms with E-state index in [1.54, 1.807) is 0 Å². The maximum absolute atomic E-state index is 12.7. The van der Waals surface area contributed by atoms with Crippen molar-refractivity contribution in [3.05, 3.63) is 82.9 Å². The van der Waals surface area contributed by atoms with Crippen molar-refractivity contribution in [3.63, 3.8) is 0 Å². The van der Waals surface area contributed by atoms with E-state index in [1.807, 2.05) is 67.6 Å². The van der Waals surface area contributed by atoms with Crippen molar-refractivity contribution in [2.45, 2.75) is 32.1 Å². The molecule has 1 atom stereocenters. The second-order valence-corrected chi connectivity index (χ2v) is 6.08. The maximum atomic E-state index is 12.7. The summed E-state index contributed by atoms with van der Waals surface area (Å²) in [6, 6.07) is 17.5. The summed E-state index contributed by atoms with van der Waals surface area (Å²) in [7, 11) is 0. The zero-order valence-electron chi connectivity index (χ0n) is 13.3. The number of aryl methyl sites for hydroxylation is 1. The average molecular weight is 304 g/mol. The molecule has 0 amide bonds. The normalized spacial score (nSPS) is 15.3. The molecule has 0 saturated carbocycles. The van der Waals surface area contributed by atoms with Gasteiger partial charge in [0, 0.05) is 24.3 Å². The first-order valence-electron chi connectivity index (χ1n) is 8.03. The summed E-state index contributed by atoms with van der Waals surface area (Å²) in [5.41, 5.74) is 3.68. The molecule has 2 heteroatoms. The molecule has 0 heterocycles. The first-order valence-corrected chi connectivity index (χ1v) is 8.03. The third-order valence-electron chi connectivity index (χ3n) is 4.40. The van der Waals surface area contributed by atoms with E-state index in [4.69, 9.17) is 0 Å². The van der Waals surface area contributed by atoms with Crippen LogP contribution in [0.4, 0.5) is 0 Å². The van der Waals surface area contributed by atoms with Crippen LogP contribution in [0.25, 0.3) is 0 Å². The van der Waals surface area contributed by atoms with E-state index in [0.29, 0.717) is 18.4 Å². The monoisotopic (exact) mass is 304 g/mol. The molecule has 2 nitrogen and oxygen atoms in total. The Morgan fingerprint density at radius 1 is 1.04 bits per heavy atom. The smallest absolute Gasteiger partial charge is 0.163 e. The van der Waals surface area contributed by atoms with Gasteiger partial charge in [-0.1, -0.05) is 66.2 Å². The number of rotatable bonds is 5. The molecule has 0 N–H and O–H groups in total. The van der Waals surface area contributed by atoms with Crippen molar-refractivity contribution in [1.29, 1.82) is 0 Å². The molecule has 1 aliphatic rings. The standard InChI is InChI=1S/C21H20O2/c1-15-10-12-17(13-11-15)21(23)14-19(16-6-3-2-4-7-16)18-8-5-9-20(18)22/h2-4,6-8,10-13,19H,5,9,14H2,1H3. The molecule has 0 aliphatic heterocycles. The Kier molecular flexibility index (Phi) is 4.52. The van der Waals surface area contributed by atoms with Crippen LogP contribution in [-0.4, -0.2) is 11.6 Å². The van der Waals surface area contributed by atoms with Crippen molar-refractivity contribution in [1.82, 2.24) is 0 Å². The molecule has 3 rings (SSSR count). The lowest BCUT2D eigenvalue weighted by Gasteiger charge is -2.18. The molecular formula is C21H20O2. The van der Waals surface area contributed by atoms with Crippen LogP contribution in [0.1, 0.15) is 46.7 Å². The molecule has 2 aromatic rings. The van der Waals surface area contributed by atoms with Crippen molar-refractivity contribution in [2.24, 2.45) is 0 Å². The fourth-order valence-corrected chi connectivity index (χ4v) is 3.09. The van der Waals surface area contributed by atoms with Crippen LogP contribution in [0.5, 0.6) is 0 Å². The number of Topliss-reactive ketones (excluding diaryl/α,β-unsaturated/α-hetero) is 2. The molecule has 2 aromatic carbocycles. The summed E-state index contributed by atoms with van der Waals surface area (Å²) in [5.74, 6) is 0.120. The number of carbonyl (C=O) groups excluding carboxylic acids is 2. The summed E-state index contributed by atoms with van der Waals surface area (Å²) < 4.78 is 0. The lowest BCUT2D eigenvalue weighted by atomic mass is 9.84. The van der Waals surface area contributed by atoms with Crippen LogP contribution in [0.2, 0.25) is 0 Å². The third kappa shape index (κ3) is 3.48. The van der Waals surface area contributed by atoms with Crippen LogP contribution in [-0.2, 0) is 4.79 Å². The minimum atomic E-state index is -0.139. The highest BCUT2D eigenvalue weighted by Crippen LogP contribution is 2.34. The van der Waals surface area contributed by atoms with E-state index in [1.165, 1.54) is 0 Å². The summed E-state index contributed by atoms with van der Waals surface area (Å²) in [5, 5.41) is 0. The van der Waals surface area contributed by atoms with Gasteiger partial charge in [0.1, 0.15) is 0 Å². The Bertz CT molecular complexity index is 739. The van der Waals surface area contributed by atoms with E-state index >= 15 is 0 Å². The van der Waals surface area contributed by atoms with E-state index in [0.717, 1.165) is 23.1 Å². The molecule has 0 bridgehead atoms. The van der Waals surface area contributed by atoms with Gasteiger partial charge in [-0.15, -0.1) is 0 Å². The van der Waals surface area contributed by atoms with Gasteiger partial charge in [0.05, 0.1) is 0 Å². The SMILES string of the molecule is Cc1ccc(C(=O)CC(C2=CCCC2=O)c2ccccc2)cc1. The number of allylic oxidation sites excluding steroid dienone is 2. The first-order chi connectivity index (χ1) is 11.1. The van der Waals surface area contributed by atoms with Crippen LogP contribution < -0.4 is 0 Å². The predicted molar refractivity (Wildman–Crippen MR) is 91.6 cm³/mol. The summed E-state index contributed by atoms with van der Waals surface area (Å²) in [4.78, 5) is 24.8. The highest BCUT2D eigenvalue weighted by Gasteiger charge is 2.27. The Labute approximate surface area is 136 Å². The zero-order valence-corrected chi connectivity index (χ0v) is 13.3. The predicted octanol–water partition coefficient (Wildman–Crippen LogP) is 4.64. The molecule has 0 saturated heterocycles. The largest absolute Gasteiger partial charge is 0.295 e. The van der Waals surface area contributed by atoms with Crippen molar-refractivity contribution in [3.8, 4) is 0 Å². The lowest BCUT2D eigenvalue weighted by molar-refractivity contribution is -0.115. The molecule has 0 aromatic heterocycles. The molecule has 0 radical (unpaired) electrons. The molecule has 23 heavy (non-hydrogen) atoms. The first kappa shape index (κ1) is 15.4. The Morgan fingerprint density at radius 2 is 1.74 bits per heavy atom. The molecule has 116 valence electrons. The minimum absolute atomic E-state index is 0.0828. The van der Waals surface area contributed by atoms with E-state index in [-0.39, 0.29) is 17.5 Å². The fourth-order valence-electron chi connectivity index (χ4n) is 3.09. The van der Waals surface area contributed by atoms with Gasteiger partial charge < -0.3 is 0 Å². The fraction of sp³-hybridized carbons (Fsp3) is 0.238. The second kappa shape index (κ2) is 6.74. The van der Waals surface area contributed by atoms with E-state index < -0.39 is 0 Å². The van der Waals surface area contributed by atoms with Crippen molar-refractivity contribution in [2.75, 3.05) is 0 Å². The zero-order chi connectivity index (χ0) is 16.2. The Balaban J connectivity index is 1.88. The van der Waals surface area contributed by atoms with Gasteiger partial charge in [0.25, 0.3) is 0 Å². The van der Waals surface area contributed by atoms with Crippen LogP contribution in [0, 0.1) is 6.92 Å². The van der Waals surface area contributed by atoms with Gasteiger partial charge in [0.15, 0.2) is 11.6 Å². The minimum Gasteiger partial charge on any atom is -0.295 e. The molecule has 1 aliphatic carbocycles. The molecule has 0 fully saturated rings. The number of hydrogen-bond acceptors (Lipinski definition) is 2. The molecule has 1 unspecified atom stereocenters. The summed E-state index contributed by atoms with van der Waals surface area (Å²) >= 11 is 0. The average Bonchev–Trinajstić information content (AvgIpc) is 2.99. The summed E-state index contributed by atoms with van der Waals surface area (Å²) in [6.45, 7) is 2.00. The van der Waals surface area contributed by atoms with Crippen LogP contribution in [0.3, 0.4) is 0 Å².